The summed E-state index contributed by atoms with van der Waals surface area (Å²) < 4.78 is 13.2. The zero-order valence-corrected chi connectivity index (χ0v) is 11.2. The highest BCUT2D eigenvalue weighted by Gasteiger charge is 2.09. The molecule has 102 valence electrons. The molecule has 0 bridgehead atoms. The Morgan fingerprint density at radius 3 is 2.45 bits per heavy atom. The molecule has 20 heavy (non-hydrogen) atoms. The second-order valence-electron chi connectivity index (χ2n) is 4.56. The number of amides is 1. The Morgan fingerprint density at radius 2 is 1.80 bits per heavy atom. The van der Waals surface area contributed by atoms with Crippen molar-refractivity contribution in [1.82, 2.24) is 0 Å². The van der Waals surface area contributed by atoms with Crippen LogP contribution >= 0.6 is 0 Å². The standard InChI is InChI=1S/C16H14FNO2/c1-10-8-13(6-7-15(10)17)16(20)18-14-5-3-4-12(9-14)11(2)19/h3-9H,1-2H3,(H,18,20). The fraction of sp³-hybridized carbons (Fsp3) is 0.125. The van der Waals surface area contributed by atoms with Gasteiger partial charge in [0, 0.05) is 16.8 Å². The van der Waals surface area contributed by atoms with E-state index in [-0.39, 0.29) is 17.5 Å². The number of hydrogen-bond acceptors (Lipinski definition) is 2. The summed E-state index contributed by atoms with van der Waals surface area (Å²) in [6, 6.07) is 10.8. The Labute approximate surface area is 116 Å². The summed E-state index contributed by atoms with van der Waals surface area (Å²) in [5.41, 5.74) is 1.84. The topological polar surface area (TPSA) is 46.2 Å². The molecular weight excluding hydrogens is 257 g/mol. The average molecular weight is 271 g/mol. The van der Waals surface area contributed by atoms with Crippen LogP contribution in [0.5, 0.6) is 0 Å². The van der Waals surface area contributed by atoms with Gasteiger partial charge in [-0.3, -0.25) is 9.59 Å². The van der Waals surface area contributed by atoms with Crippen LogP contribution in [0.2, 0.25) is 0 Å². The molecule has 1 amide bonds. The van der Waals surface area contributed by atoms with E-state index in [9.17, 15) is 14.0 Å². The van der Waals surface area contributed by atoms with Crippen LogP contribution in [-0.2, 0) is 0 Å². The van der Waals surface area contributed by atoms with Crippen LogP contribution in [0.3, 0.4) is 0 Å². The molecule has 1 N–H and O–H groups in total. The summed E-state index contributed by atoms with van der Waals surface area (Å²) in [5, 5.41) is 2.69. The van der Waals surface area contributed by atoms with Crippen LogP contribution in [0.25, 0.3) is 0 Å². The normalized spacial score (nSPS) is 10.2. The first-order valence-electron chi connectivity index (χ1n) is 6.16. The van der Waals surface area contributed by atoms with Crippen LogP contribution in [0.1, 0.15) is 33.2 Å². The summed E-state index contributed by atoms with van der Waals surface area (Å²) in [6.45, 7) is 3.06. The molecule has 2 aromatic carbocycles. The summed E-state index contributed by atoms with van der Waals surface area (Å²) in [4.78, 5) is 23.3. The van der Waals surface area contributed by atoms with Crippen molar-refractivity contribution in [3.8, 4) is 0 Å². The number of halogens is 1. The first-order valence-corrected chi connectivity index (χ1v) is 6.16. The van der Waals surface area contributed by atoms with E-state index in [2.05, 4.69) is 5.32 Å². The van der Waals surface area contributed by atoms with Crippen molar-refractivity contribution in [3.63, 3.8) is 0 Å². The minimum Gasteiger partial charge on any atom is -0.322 e. The largest absolute Gasteiger partial charge is 0.322 e. The monoisotopic (exact) mass is 271 g/mol. The zero-order valence-electron chi connectivity index (χ0n) is 11.2. The molecule has 0 atom stereocenters. The maximum Gasteiger partial charge on any atom is 0.255 e. The molecule has 0 radical (unpaired) electrons. The molecule has 2 rings (SSSR count). The molecule has 2 aromatic rings. The lowest BCUT2D eigenvalue weighted by Crippen LogP contribution is -2.12. The van der Waals surface area contributed by atoms with Gasteiger partial charge < -0.3 is 5.32 Å². The van der Waals surface area contributed by atoms with Gasteiger partial charge in [-0.2, -0.15) is 0 Å². The van der Waals surface area contributed by atoms with Crippen molar-refractivity contribution < 1.29 is 14.0 Å². The molecule has 0 aliphatic rings. The van der Waals surface area contributed by atoms with Gasteiger partial charge in [0.25, 0.3) is 5.91 Å². The lowest BCUT2D eigenvalue weighted by Gasteiger charge is -2.07. The highest BCUT2D eigenvalue weighted by Crippen LogP contribution is 2.14. The summed E-state index contributed by atoms with van der Waals surface area (Å²) in [6.07, 6.45) is 0. The Kier molecular flexibility index (Phi) is 3.94. The van der Waals surface area contributed by atoms with E-state index >= 15 is 0 Å². The van der Waals surface area contributed by atoms with Crippen molar-refractivity contribution in [1.29, 1.82) is 0 Å². The fourth-order valence-corrected chi connectivity index (χ4v) is 1.81. The Bertz CT molecular complexity index is 680. The lowest BCUT2D eigenvalue weighted by molar-refractivity contribution is 0.101. The molecule has 0 heterocycles. The molecule has 0 unspecified atom stereocenters. The lowest BCUT2D eigenvalue weighted by atomic mass is 10.1. The molecule has 4 heteroatoms. The van der Waals surface area contributed by atoms with Gasteiger partial charge in [0.2, 0.25) is 0 Å². The van der Waals surface area contributed by atoms with Crippen molar-refractivity contribution in [3.05, 3.63) is 65.0 Å². The number of Topliss-reactive ketones (excluding diaryl/α,β-unsaturated/α-hetero) is 1. The molecule has 3 nitrogen and oxygen atoms in total. The van der Waals surface area contributed by atoms with E-state index in [1.807, 2.05) is 0 Å². The molecule has 0 saturated heterocycles. The highest BCUT2D eigenvalue weighted by atomic mass is 19.1. The van der Waals surface area contributed by atoms with E-state index in [4.69, 9.17) is 0 Å². The molecule has 0 spiro atoms. The Hall–Kier alpha value is -2.49. The van der Waals surface area contributed by atoms with Crippen LogP contribution in [0.4, 0.5) is 10.1 Å². The second kappa shape index (κ2) is 5.65. The van der Waals surface area contributed by atoms with E-state index in [0.717, 1.165) is 0 Å². The summed E-state index contributed by atoms with van der Waals surface area (Å²) in [7, 11) is 0. The highest BCUT2D eigenvalue weighted by molar-refractivity contribution is 6.05. The quantitative estimate of drug-likeness (QED) is 0.867. The van der Waals surface area contributed by atoms with Gasteiger partial charge in [-0.15, -0.1) is 0 Å². The SMILES string of the molecule is CC(=O)c1cccc(NC(=O)c2ccc(F)c(C)c2)c1. The van der Waals surface area contributed by atoms with Crippen LogP contribution in [0, 0.1) is 12.7 Å². The minimum absolute atomic E-state index is 0.0706. The average Bonchev–Trinajstić information content (AvgIpc) is 2.42. The van der Waals surface area contributed by atoms with E-state index in [0.29, 0.717) is 22.4 Å². The number of benzene rings is 2. The smallest absolute Gasteiger partial charge is 0.255 e. The van der Waals surface area contributed by atoms with Gasteiger partial charge >= 0.3 is 0 Å². The third kappa shape index (κ3) is 3.09. The Morgan fingerprint density at radius 1 is 1.05 bits per heavy atom. The van der Waals surface area contributed by atoms with E-state index in [1.165, 1.54) is 25.1 Å². The van der Waals surface area contributed by atoms with Crippen LogP contribution in [-0.4, -0.2) is 11.7 Å². The third-order valence-corrected chi connectivity index (χ3v) is 2.95. The molecule has 0 aliphatic carbocycles. The number of rotatable bonds is 3. The van der Waals surface area contributed by atoms with Crippen LogP contribution in [0.15, 0.2) is 42.5 Å². The fourth-order valence-electron chi connectivity index (χ4n) is 1.81. The second-order valence-corrected chi connectivity index (χ2v) is 4.56. The first kappa shape index (κ1) is 13.9. The van der Waals surface area contributed by atoms with Gasteiger partial charge in [0.15, 0.2) is 5.78 Å². The third-order valence-electron chi connectivity index (χ3n) is 2.95. The summed E-state index contributed by atoms with van der Waals surface area (Å²) in [5.74, 6) is -0.757. The number of nitrogens with one attached hydrogen (secondary N) is 1. The zero-order chi connectivity index (χ0) is 14.7. The van der Waals surface area contributed by atoms with Gasteiger partial charge in [-0.05, 0) is 49.7 Å². The van der Waals surface area contributed by atoms with Gasteiger partial charge in [0.1, 0.15) is 5.82 Å². The molecular formula is C16H14FNO2. The molecule has 0 fully saturated rings. The van der Waals surface area contributed by atoms with E-state index in [1.54, 1.807) is 31.2 Å². The van der Waals surface area contributed by atoms with Crippen molar-refractivity contribution >= 4 is 17.4 Å². The minimum atomic E-state index is -0.347. The maximum atomic E-state index is 13.2. The predicted octanol–water partition coefficient (Wildman–Crippen LogP) is 3.59. The predicted molar refractivity (Wildman–Crippen MR) is 75.5 cm³/mol. The number of ketones is 1. The number of carbonyl (C=O) groups excluding carboxylic acids is 2. The number of carbonyl (C=O) groups is 2. The molecule has 0 aromatic heterocycles. The van der Waals surface area contributed by atoms with Crippen molar-refractivity contribution in [2.75, 3.05) is 5.32 Å². The number of aryl methyl sites for hydroxylation is 1. The van der Waals surface area contributed by atoms with Gasteiger partial charge in [-0.25, -0.2) is 4.39 Å². The van der Waals surface area contributed by atoms with Crippen molar-refractivity contribution in [2.45, 2.75) is 13.8 Å². The number of hydrogen-bond donors (Lipinski definition) is 1. The molecule has 0 aliphatic heterocycles. The van der Waals surface area contributed by atoms with Crippen LogP contribution < -0.4 is 5.32 Å². The van der Waals surface area contributed by atoms with Crippen molar-refractivity contribution in [2.24, 2.45) is 0 Å². The maximum absolute atomic E-state index is 13.2. The first-order chi connectivity index (χ1) is 9.47. The van der Waals surface area contributed by atoms with Gasteiger partial charge in [-0.1, -0.05) is 12.1 Å². The number of anilines is 1. The van der Waals surface area contributed by atoms with Gasteiger partial charge in [0.05, 0.1) is 0 Å². The summed E-state index contributed by atoms with van der Waals surface area (Å²) >= 11 is 0. The molecule has 0 saturated carbocycles. The Balaban J connectivity index is 2.21. The van der Waals surface area contributed by atoms with E-state index < -0.39 is 0 Å².